The van der Waals surface area contributed by atoms with Gasteiger partial charge in [0.1, 0.15) is 0 Å². The van der Waals surface area contributed by atoms with Crippen molar-refractivity contribution in [1.29, 1.82) is 5.26 Å². The van der Waals surface area contributed by atoms with Gasteiger partial charge in [-0.25, -0.2) is 8.42 Å². The van der Waals surface area contributed by atoms with Crippen LogP contribution in [0.3, 0.4) is 0 Å². The molecule has 1 unspecified atom stereocenters. The summed E-state index contributed by atoms with van der Waals surface area (Å²) in [5.74, 6) is 0.457. The van der Waals surface area contributed by atoms with Crippen LogP contribution in [-0.2, 0) is 14.8 Å². The second-order valence-corrected chi connectivity index (χ2v) is 10.7. The molecule has 1 aliphatic heterocycles. The quantitative estimate of drug-likeness (QED) is 0.487. The number of hydrogen-bond donors (Lipinski definition) is 0. The summed E-state index contributed by atoms with van der Waals surface area (Å²) in [4.78, 5) is 0.178. The van der Waals surface area contributed by atoms with Gasteiger partial charge in [-0.05, 0) is 37.3 Å². The van der Waals surface area contributed by atoms with Crippen molar-refractivity contribution in [1.82, 2.24) is 19.1 Å². The van der Waals surface area contributed by atoms with Gasteiger partial charge in [0, 0.05) is 23.7 Å². The Hall–Kier alpha value is -2.42. The smallest absolute Gasteiger partial charge is 0.243 e. The first-order valence-corrected chi connectivity index (χ1v) is 12.6. The van der Waals surface area contributed by atoms with Gasteiger partial charge in [-0.1, -0.05) is 41.6 Å². The molecule has 11 heteroatoms. The third kappa shape index (κ3) is 4.67. The molecule has 2 aromatic carbocycles. The number of rotatable bonds is 6. The van der Waals surface area contributed by atoms with E-state index in [1.807, 2.05) is 12.1 Å². The summed E-state index contributed by atoms with van der Waals surface area (Å²) in [5.41, 5.74) is 1.30. The van der Waals surface area contributed by atoms with E-state index in [1.165, 1.54) is 16.1 Å². The largest absolute Gasteiger partial charge is 0.379 e. The molecular weight excluding hydrogens is 470 g/mol. The van der Waals surface area contributed by atoms with Crippen molar-refractivity contribution in [2.45, 2.75) is 22.2 Å². The van der Waals surface area contributed by atoms with Crippen LogP contribution in [0, 0.1) is 11.3 Å². The van der Waals surface area contributed by atoms with Crippen LogP contribution < -0.4 is 0 Å². The zero-order valence-electron chi connectivity index (χ0n) is 17.2. The molecular formula is C21H20ClN5O3S2. The van der Waals surface area contributed by atoms with E-state index in [-0.39, 0.29) is 10.1 Å². The highest BCUT2D eigenvalue weighted by atomic mass is 35.5. The van der Waals surface area contributed by atoms with Gasteiger partial charge in [-0.3, -0.25) is 4.57 Å². The molecule has 0 amide bonds. The van der Waals surface area contributed by atoms with Gasteiger partial charge in [0.25, 0.3) is 0 Å². The molecule has 0 aliphatic carbocycles. The Morgan fingerprint density at radius 2 is 1.91 bits per heavy atom. The highest BCUT2D eigenvalue weighted by Gasteiger charge is 2.27. The fourth-order valence-corrected chi connectivity index (χ4v) is 5.69. The molecule has 166 valence electrons. The Morgan fingerprint density at radius 1 is 1.16 bits per heavy atom. The fraction of sp³-hybridized carbons (Fsp3) is 0.286. The number of ether oxygens (including phenoxy) is 1. The first-order valence-electron chi connectivity index (χ1n) is 9.86. The molecule has 1 aromatic heterocycles. The van der Waals surface area contributed by atoms with Crippen LogP contribution in [-0.4, -0.2) is 59.0 Å². The maximum Gasteiger partial charge on any atom is 0.243 e. The maximum absolute atomic E-state index is 13.1. The summed E-state index contributed by atoms with van der Waals surface area (Å²) >= 11 is 7.47. The van der Waals surface area contributed by atoms with E-state index in [9.17, 15) is 13.7 Å². The van der Waals surface area contributed by atoms with Gasteiger partial charge in [-0.2, -0.15) is 9.57 Å². The molecule has 32 heavy (non-hydrogen) atoms. The monoisotopic (exact) mass is 489 g/mol. The van der Waals surface area contributed by atoms with E-state index >= 15 is 0 Å². The van der Waals surface area contributed by atoms with Crippen molar-refractivity contribution >= 4 is 33.4 Å². The molecule has 0 spiro atoms. The van der Waals surface area contributed by atoms with Gasteiger partial charge in [0.15, 0.2) is 11.0 Å². The summed E-state index contributed by atoms with van der Waals surface area (Å²) in [7, 11) is -3.67. The second kappa shape index (κ2) is 9.60. The predicted octanol–water partition coefficient (Wildman–Crippen LogP) is 3.61. The van der Waals surface area contributed by atoms with Crippen molar-refractivity contribution in [3.63, 3.8) is 0 Å². The molecule has 8 nitrogen and oxygen atoms in total. The van der Waals surface area contributed by atoms with Gasteiger partial charge in [0.05, 0.1) is 35.1 Å². The van der Waals surface area contributed by atoms with Crippen LogP contribution in [0.25, 0.3) is 17.1 Å². The summed E-state index contributed by atoms with van der Waals surface area (Å²) in [6.07, 6.45) is 0. The standard InChI is InChI=1S/C21H20ClN5O3S2/c1-15(14-23)31-21-25-24-20(27(21)18-6-3-5-17(22)13-18)16-4-2-7-19(12-16)32(28,29)26-8-10-30-11-9-26/h2-7,12-13,15H,8-11H2,1H3. The molecule has 1 atom stereocenters. The first kappa shape index (κ1) is 22.8. The molecule has 0 saturated carbocycles. The Balaban J connectivity index is 1.80. The lowest BCUT2D eigenvalue weighted by atomic mass is 10.2. The van der Waals surface area contributed by atoms with Crippen molar-refractivity contribution in [3.8, 4) is 23.1 Å². The minimum absolute atomic E-state index is 0.178. The highest BCUT2D eigenvalue weighted by molar-refractivity contribution is 8.00. The summed E-state index contributed by atoms with van der Waals surface area (Å²) in [6.45, 7) is 3.16. The van der Waals surface area contributed by atoms with Crippen LogP contribution >= 0.6 is 23.4 Å². The van der Waals surface area contributed by atoms with E-state index in [0.29, 0.717) is 53.6 Å². The SMILES string of the molecule is CC(C#N)Sc1nnc(-c2cccc(S(=O)(=O)N3CCOCC3)c2)n1-c1cccc(Cl)c1. The molecule has 2 heterocycles. The Kier molecular flexibility index (Phi) is 6.83. The van der Waals surface area contributed by atoms with E-state index in [4.69, 9.17) is 16.3 Å². The molecule has 1 aliphatic rings. The Bertz CT molecular complexity index is 1270. The van der Waals surface area contributed by atoms with Crippen molar-refractivity contribution in [3.05, 3.63) is 53.6 Å². The number of nitriles is 1. The third-order valence-corrected chi connectivity index (χ3v) is 7.93. The number of thioether (sulfide) groups is 1. The van der Waals surface area contributed by atoms with Crippen molar-refractivity contribution < 1.29 is 13.2 Å². The summed E-state index contributed by atoms with van der Waals surface area (Å²) < 4.78 is 34.7. The Labute approximate surface area is 195 Å². The molecule has 1 fully saturated rings. The number of morpholine rings is 1. The van der Waals surface area contributed by atoms with E-state index in [0.717, 1.165) is 0 Å². The minimum Gasteiger partial charge on any atom is -0.379 e. The van der Waals surface area contributed by atoms with Crippen molar-refractivity contribution in [2.24, 2.45) is 0 Å². The van der Waals surface area contributed by atoms with Gasteiger partial charge in [-0.15, -0.1) is 10.2 Å². The normalized spacial score (nSPS) is 15.9. The van der Waals surface area contributed by atoms with E-state index in [1.54, 1.807) is 47.9 Å². The maximum atomic E-state index is 13.1. The van der Waals surface area contributed by atoms with Crippen LogP contribution in [0.2, 0.25) is 5.02 Å². The van der Waals surface area contributed by atoms with Gasteiger partial charge >= 0.3 is 0 Å². The van der Waals surface area contributed by atoms with Crippen LogP contribution in [0.4, 0.5) is 0 Å². The third-order valence-electron chi connectivity index (χ3n) is 4.86. The molecule has 0 N–H and O–H groups in total. The summed E-state index contributed by atoms with van der Waals surface area (Å²) in [5, 5.41) is 18.5. The topological polar surface area (TPSA) is 101 Å². The van der Waals surface area contributed by atoms with Gasteiger partial charge in [0.2, 0.25) is 10.0 Å². The van der Waals surface area contributed by atoms with Crippen LogP contribution in [0.15, 0.2) is 58.6 Å². The van der Waals surface area contributed by atoms with Crippen molar-refractivity contribution in [2.75, 3.05) is 26.3 Å². The lowest BCUT2D eigenvalue weighted by Gasteiger charge is -2.26. The molecule has 1 saturated heterocycles. The first-order chi connectivity index (χ1) is 15.4. The zero-order valence-corrected chi connectivity index (χ0v) is 19.6. The zero-order chi connectivity index (χ0) is 22.7. The molecule has 0 radical (unpaired) electrons. The number of halogens is 1. The second-order valence-electron chi connectivity index (χ2n) is 7.05. The van der Waals surface area contributed by atoms with E-state index < -0.39 is 10.0 Å². The lowest BCUT2D eigenvalue weighted by Crippen LogP contribution is -2.40. The average Bonchev–Trinajstić information content (AvgIpc) is 3.23. The minimum atomic E-state index is -3.67. The lowest BCUT2D eigenvalue weighted by molar-refractivity contribution is 0.0730. The van der Waals surface area contributed by atoms with Crippen LogP contribution in [0.1, 0.15) is 6.92 Å². The fourth-order valence-electron chi connectivity index (χ4n) is 3.30. The number of hydrogen-bond acceptors (Lipinski definition) is 7. The van der Waals surface area contributed by atoms with Crippen LogP contribution in [0.5, 0.6) is 0 Å². The Morgan fingerprint density at radius 3 is 2.62 bits per heavy atom. The average molecular weight is 490 g/mol. The number of sulfonamides is 1. The number of aromatic nitrogens is 3. The highest BCUT2D eigenvalue weighted by Crippen LogP contribution is 2.32. The summed E-state index contributed by atoms with van der Waals surface area (Å²) in [6, 6.07) is 16.0. The van der Waals surface area contributed by atoms with E-state index in [2.05, 4.69) is 16.3 Å². The molecule has 0 bridgehead atoms. The molecule has 4 rings (SSSR count). The number of nitrogens with zero attached hydrogens (tertiary/aromatic N) is 5. The molecule has 3 aromatic rings. The number of benzene rings is 2. The predicted molar refractivity (Wildman–Crippen MR) is 122 cm³/mol. The van der Waals surface area contributed by atoms with Gasteiger partial charge < -0.3 is 4.74 Å².